The smallest absolute Gasteiger partial charge is 0.141 e. The zero-order valence-corrected chi connectivity index (χ0v) is 11.7. The lowest BCUT2D eigenvalue weighted by atomic mass is 10.1. The Labute approximate surface area is 112 Å². The van der Waals surface area contributed by atoms with Gasteiger partial charge in [-0.2, -0.15) is 5.10 Å². The summed E-state index contributed by atoms with van der Waals surface area (Å²) in [5.74, 6) is -0.310. The van der Waals surface area contributed by atoms with Crippen LogP contribution < -0.4 is 5.32 Å². The van der Waals surface area contributed by atoms with Crippen LogP contribution in [0.25, 0.3) is 0 Å². The number of nitrogens with one attached hydrogen (secondary N) is 1. The average molecular weight is 262 g/mol. The number of hydrogen-bond donors (Lipinski definition) is 1. The van der Waals surface area contributed by atoms with E-state index >= 15 is 0 Å². The quantitative estimate of drug-likeness (QED) is 0.920. The van der Waals surface area contributed by atoms with Gasteiger partial charge in [-0.1, -0.05) is 0 Å². The molecule has 0 aliphatic carbocycles. The second kappa shape index (κ2) is 5.48. The molecule has 0 saturated carbocycles. The number of aryl methyl sites for hydroxylation is 2. The van der Waals surface area contributed by atoms with Crippen LogP contribution in [0, 0.1) is 19.7 Å². The van der Waals surface area contributed by atoms with E-state index in [0.717, 1.165) is 23.6 Å². The lowest BCUT2D eigenvalue weighted by molar-refractivity contribution is 0.552. The summed E-state index contributed by atoms with van der Waals surface area (Å²) >= 11 is 0. The van der Waals surface area contributed by atoms with Crippen molar-refractivity contribution in [1.29, 1.82) is 0 Å². The Bertz CT molecular complexity index is 560. The van der Waals surface area contributed by atoms with Crippen LogP contribution in [0.5, 0.6) is 0 Å². The van der Waals surface area contributed by atoms with Crippen molar-refractivity contribution >= 4 is 0 Å². The number of rotatable bonds is 4. The van der Waals surface area contributed by atoms with Crippen LogP contribution in [-0.4, -0.2) is 14.8 Å². The van der Waals surface area contributed by atoms with Crippen molar-refractivity contribution in [3.63, 3.8) is 0 Å². The van der Waals surface area contributed by atoms with E-state index in [2.05, 4.69) is 22.3 Å². The van der Waals surface area contributed by atoms with E-state index in [1.807, 2.05) is 25.6 Å². The van der Waals surface area contributed by atoms with Gasteiger partial charge in [-0.15, -0.1) is 0 Å². The highest BCUT2D eigenvalue weighted by Crippen LogP contribution is 2.15. The van der Waals surface area contributed by atoms with Crippen molar-refractivity contribution in [3.8, 4) is 0 Å². The van der Waals surface area contributed by atoms with E-state index < -0.39 is 0 Å². The van der Waals surface area contributed by atoms with E-state index in [-0.39, 0.29) is 11.9 Å². The number of nitrogens with zero attached hydrogens (tertiary/aromatic N) is 3. The van der Waals surface area contributed by atoms with Crippen molar-refractivity contribution in [1.82, 2.24) is 20.1 Å². The summed E-state index contributed by atoms with van der Waals surface area (Å²) in [5.41, 5.74) is 4.23. The van der Waals surface area contributed by atoms with Gasteiger partial charge in [0, 0.05) is 30.9 Å². The van der Waals surface area contributed by atoms with E-state index in [4.69, 9.17) is 0 Å². The van der Waals surface area contributed by atoms with E-state index in [1.165, 1.54) is 17.8 Å². The maximum Gasteiger partial charge on any atom is 0.141 e. The SMILES string of the molecule is Cc1nn(C)c(C)c1CNC(C)c1ccc(F)cn1. The third-order valence-electron chi connectivity index (χ3n) is 3.44. The minimum atomic E-state index is -0.310. The maximum atomic E-state index is 12.8. The molecule has 0 radical (unpaired) electrons. The van der Waals surface area contributed by atoms with Gasteiger partial charge in [0.2, 0.25) is 0 Å². The van der Waals surface area contributed by atoms with Gasteiger partial charge >= 0.3 is 0 Å². The molecule has 0 saturated heterocycles. The minimum Gasteiger partial charge on any atom is -0.305 e. The van der Waals surface area contributed by atoms with E-state index in [0.29, 0.717) is 0 Å². The Morgan fingerprint density at radius 3 is 2.63 bits per heavy atom. The van der Waals surface area contributed by atoms with Gasteiger partial charge in [0.15, 0.2) is 0 Å². The highest BCUT2D eigenvalue weighted by molar-refractivity contribution is 5.24. The van der Waals surface area contributed by atoms with Gasteiger partial charge in [-0.05, 0) is 32.9 Å². The highest BCUT2D eigenvalue weighted by atomic mass is 19.1. The zero-order valence-electron chi connectivity index (χ0n) is 11.7. The Morgan fingerprint density at radius 2 is 2.11 bits per heavy atom. The van der Waals surface area contributed by atoms with Crippen molar-refractivity contribution < 1.29 is 4.39 Å². The molecule has 1 unspecified atom stereocenters. The molecule has 5 heteroatoms. The second-order valence-electron chi connectivity index (χ2n) is 4.78. The molecule has 0 amide bonds. The van der Waals surface area contributed by atoms with Crippen LogP contribution in [0.3, 0.4) is 0 Å². The van der Waals surface area contributed by atoms with Crippen molar-refractivity contribution in [2.24, 2.45) is 7.05 Å². The normalized spacial score (nSPS) is 12.7. The van der Waals surface area contributed by atoms with Gasteiger partial charge in [0.1, 0.15) is 5.82 Å². The Morgan fingerprint density at radius 1 is 1.37 bits per heavy atom. The summed E-state index contributed by atoms with van der Waals surface area (Å²) in [6.07, 6.45) is 1.24. The number of pyridine rings is 1. The summed E-state index contributed by atoms with van der Waals surface area (Å²) in [6, 6.07) is 3.21. The fourth-order valence-electron chi connectivity index (χ4n) is 2.08. The van der Waals surface area contributed by atoms with Gasteiger partial charge in [0.05, 0.1) is 17.6 Å². The van der Waals surface area contributed by atoms with Gasteiger partial charge in [-0.3, -0.25) is 9.67 Å². The first-order valence-electron chi connectivity index (χ1n) is 6.33. The molecule has 2 aromatic heterocycles. The topological polar surface area (TPSA) is 42.7 Å². The van der Waals surface area contributed by atoms with Crippen molar-refractivity contribution in [2.45, 2.75) is 33.4 Å². The molecule has 2 aromatic rings. The molecule has 0 aliphatic heterocycles. The van der Waals surface area contributed by atoms with Crippen LogP contribution in [-0.2, 0) is 13.6 Å². The second-order valence-corrected chi connectivity index (χ2v) is 4.78. The summed E-state index contributed by atoms with van der Waals surface area (Å²) in [6.45, 7) is 6.80. The predicted octanol–water partition coefficient (Wildman–Crippen LogP) is 2.42. The molecule has 102 valence electrons. The molecule has 19 heavy (non-hydrogen) atoms. The third-order valence-corrected chi connectivity index (χ3v) is 3.44. The van der Waals surface area contributed by atoms with Gasteiger partial charge in [-0.25, -0.2) is 4.39 Å². The Balaban J connectivity index is 2.04. The summed E-state index contributed by atoms with van der Waals surface area (Å²) in [5, 5.41) is 7.78. The number of aromatic nitrogens is 3. The predicted molar refractivity (Wildman–Crippen MR) is 72.1 cm³/mol. The molecule has 4 nitrogen and oxygen atoms in total. The number of halogens is 1. The standard InChI is InChI=1S/C14H19FN4/c1-9-13(11(3)19(4)18-9)8-16-10(2)14-6-5-12(15)7-17-14/h5-7,10,16H,8H2,1-4H3. The molecule has 0 bridgehead atoms. The van der Waals surface area contributed by atoms with E-state index in [1.54, 1.807) is 6.07 Å². The average Bonchev–Trinajstić information content (AvgIpc) is 2.62. The van der Waals surface area contributed by atoms with Crippen LogP contribution >= 0.6 is 0 Å². The van der Waals surface area contributed by atoms with Crippen molar-refractivity contribution in [3.05, 3.63) is 46.8 Å². The Hall–Kier alpha value is -1.75. The molecule has 0 spiro atoms. The first-order valence-corrected chi connectivity index (χ1v) is 6.33. The van der Waals surface area contributed by atoms with E-state index in [9.17, 15) is 4.39 Å². The van der Waals surface area contributed by atoms with Gasteiger partial charge < -0.3 is 5.32 Å². The molecule has 2 rings (SSSR count). The lowest BCUT2D eigenvalue weighted by Crippen LogP contribution is -2.19. The zero-order chi connectivity index (χ0) is 14.0. The highest BCUT2D eigenvalue weighted by Gasteiger charge is 2.12. The Kier molecular flexibility index (Phi) is 3.95. The first kappa shape index (κ1) is 13.7. The monoisotopic (exact) mass is 262 g/mol. The molecule has 0 fully saturated rings. The van der Waals surface area contributed by atoms with Crippen LogP contribution in [0.15, 0.2) is 18.3 Å². The minimum absolute atomic E-state index is 0.0691. The summed E-state index contributed by atoms with van der Waals surface area (Å²) in [7, 11) is 1.94. The molecule has 0 aliphatic rings. The van der Waals surface area contributed by atoms with Gasteiger partial charge in [0.25, 0.3) is 0 Å². The molecule has 1 atom stereocenters. The largest absolute Gasteiger partial charge is 0.305 e. The molecular weight excluding hydrogens is 243 g/mol. The molecular formula is C14H19FN4. The van der Waals surface area contributed by atoms with Crippen LogP contribution in [0.4, 0.5) is 4.39 Å². The van der Waals surface area contributed by atoms with Crippen LogP contribution in [0.1, 0.15) is 35.6 Å². The van der Waals surface area contributed by atoms with Crippen molar-refractivity contribution in [2.75, 3.05) is 0 Å². The molecule has 1 N–H and O–H groups in total. The summed E-state index contributed by atoms with van der Waals surface area (Å²) in [4.78, 5) is 4.08. The summed E-state index contributed by atoms with van der Waals surface area (Å²) < 4.78 is 14.7. The molecule has 0 aromatic carbocycles. The first-order chi connectivity index (χ1) is 8.99. The van der Waals surface area contributed by atoms with Crippen LogP contribution in [0.2, 0.25) is 0 Å². The maximum absolute atomic E-state index is 12.8. The number of hydrogen-bond acceptors (Lipinski definition) is 3. The fourth-order valence-corrected chi connectivity index (χ4v) is 2.08. The lowest BCUT2D eigenvalue weighted by Gasteiger charge is -2.13. The fraction of sp³-hybridized carbons (Fsp3) is 0.429. The third kappa shape index (κ3) is 2.98. The molecule has 2 heterocycles.